The van der Waals surface area contributed by atoms with Crippen LogP contribution in [0, 0.1) is 10.1 Å². The normalized spacial score (nSPS) is 14.3. The van der Waals surface area contributed by atoms with Gasteiger partial charge in [0.25, 0.3) is 16.8 Å². The maximum absolute atomic E-state index is 12.8. The van der Waals surface area contributed by atoms with E-state index in [4.69, 9.17) is 9.47 Å². The Bertz CT molecular complexity index is 1240. The minimum absolute atomic E-state index is 0.0810. The quantitative estimate of drug-likeness (QED) is 0.145. The summed E-state index contributed by atoms with van der Waals surface area (Å²) in [6.07, 6.45) is 1.46. The Balaban J connectivity index is 1.78. The maximum atomic E-state index is 12.8. The third kappa shape index (κ3) is 6.05. The van der Waals surface area contributed by atoms with Gasteiger partial charge in [0.15, 0.2) is 23.9 Å². The van der Waals surface area contributed by atoms with Crippen LogP contribution < -0.4 is 9.47 Å². The summed E-state index contributed by atoms with van der Waals surface area (Å²) in [7, 11) is 2.63. The topological polar surface area (TPSA) is 142 Å². The van der Waals surface area contributed by atoms with E-state index in [1.165, 1.54) is 50.6 Å². The van der Waals surface area contributed by atoms with Crippen LogP contribution in [0.4, 0.5) is 10.5 Å². The lowest BCUT2D eigenvalue weighted by atomic mass is 10.1. The fourth-order valence-electron chi connectivity index (χ4n) is 2.91. The summed E-state index contributed by atoms with van der Waals surface area (Å²) in [5.41, 5.74) is 0.437. The Morgan fingerprint density at radius 3 is 2.43 bits per heavy atom. The highest BCUT2D eigenvalue weighted by Gasteiger charge is 2.36. The number of nitro benzene ring substituents is 1. The molecule has 0 saturated carbocycles. The van der Waals surface area contributed by atoms with E-state index in [0.29, 0.717) is 21.8 Å². The first kappa shape index (κ1) is 25.9. The number of ketones is 1. The minimum Gasteiger partial charge on any atom is -0.493 e. The molecule has 0 aromatic heterocycles. The molecular formula is C22H17BrN2O9S. The summed E-state index contributed by atoms with van der Waals surface area (Å²) in [5.74, 6) is -1.26. The van der Waals surface area contributed by atoms with E-state index >= 15 is 0 Å². The molecule has 0 atom stereocenters. The molecule has 11 nitrogen and oxygen atoms in total. The number of imide groups is 1. The van der Waals surface area contributed by atoms with Gasteiger partial charge in [0.1, 0.15) is 0 Å². The second-order valence-electron chi connectivity index (χ2n) is 6.88. The molecule has 0 bridgehead atoms. The molecule has 13 heteroatoms. The number of carbonyl (C=O) groups excluding carboxylic acids is 4. The minimum atomic E-state index is -0.660. The SMILES string of the molecule is COC(=O)COc1cc(Br)c(/C=C2/SC(=O)N(CC(=O)c3ccc([N+](=O)[O-])cc3)C2=O)cc1OC. The van der Waals surface area contributed by atoms with Gasteiger partial charge in [-0.1, -0.05) is 15.9 Å². The van der Waals surface area contributed by atoms with Gasteiger partial charge in [-0.2, -0.15) is 0 Å². The fraction of sp³-hybridized carbons (Fsp3) is 0.182. The third-order valence-corrected chi connectivity index (χ3v) is 6.31. The Labute approximate surface area is 211 Å². The predicted molar refractivity (Wildman–Crippen MR) is 128 cm³/mol. The highest BCUT2D eigenvalue weighted by Crippen LogP contribution is 2.38. The second-order valence-corrected chi connectivity index (χ2v) is 8.73. The molecule has 2 aromatic rings. The van der Waals surface area contributed by atoms with E-state index in [1.807, 2.05) is 0 Å². The van der Waals surface area contributed by atoms with Crippen LogP contribution in [0.2, 0.25) is 0 Å². The zero-order valence-electron chi connectivity index (χ0n) is 18.3. The molecular weight excluding hydrogens is 548 g/mol. The van der Waals surface area contributed by atoms with E-state index < -0.39 is 34.4 Å². The summed E-state index contributed by atoms with van der Waals surface area (Å²) in [5, 5.41) is 10.1. The molecule has 1 saturated heterocycles. The van der Waals surface area contributed by atoms with Crippen molar-refractivity contribution in [2.75, 3.05) is 27.4 Å². The Morgan fingerprint density at radius 2 is 1.83 bits per heavy atom. The van der Waals surface area contributed by atoms with E-state index in [2.05, 4.69) is 20.7 Å². The zero-order valence-corrected chi connectivity index (χ0v) is 20.7. The summed E-state index contributed by atoms with van der Waals surface area (Å²) in [4.78, 5) is 60.2. The van der Waals surface area contributed by atoms with Crippen LogP contribution in [0.15, 0.2) is 45.8 Å². The third-order valence-electron chi connectivity index (χ3n) is 4.72. The average molecular weight is 565 g/mol. The molecule has 0 radical (unpaired) electrons. The molecule has 35 heavy (non-hydrogen) atoms. The summed E-state index contributed by atoms with van der Waals surface area (Å²) in [6, 6.07) is 7.96. The molecule has 0 spiro atoms. The number of hydrogen-bond donors (Lipinski definition) is 0. The molecule has 1 heterocycles. The van der Waals surface area contributed by atoms with Crippen molar-refractivity contribution in [2.24, 2.45) is 0 Å². The van der Waals surface area contributed by atoms with Crippen molar-refractivity contribution in [2.45, 2.75) is 0 Å². The van der Waals surface area contributed by atoms with Crippen molar-refractivity contribution in [3.63, 3.8) is 0 Å². The number of halogens is 1. The number of hydrogen-bond acceptors (Lipinski definition) is 10. The van der Waals surface area contributed by atoms with Crippen LogP contribution in [0.3, 0.4) is 0 Å². The van der Waals surface area contributed by atoms with E-state index in [9.17, 15) is 29.3 Å². The van der Waals surface area contributed by atoms with Crippen molar-refractivity contribution >= 4 is 62.4 Å². The Kier molecular flexibility index (Phi) is 8.25. The highest BCUT2D eigenvalue weighted by atomic mass is 79.9. The van der Waals surface area contributed by atoms with Crippen LogP contribution >= 0.6 is 27.7 Å². The van der Waals surface area contributed by atoms with Crippen molar-refractivity contribution in [3.05, 3.63) is 67.0 Å². The maximum Gasteiger partial charge on any atom is 0.343 e. The average Bonchev–Trinajstić information content (AvgIpc) is 3.10. The molecule has 1 aliphatic rings. The number of non-ortho nitro benzene ring substituents is 1. The molecule has 182 valence electrons. The van der Waals surface area contributed by atoms with Crippen LogP contribution in [-0.4, -0.2) is 60.1 Å². The van der Waals surface area contributed by atoms with Gasteiger partial charge in [0.2, 0.25) is 0 Å². The second kappa shape index (κ2) is 11.1. The summed E-state index contributed by atoms with van der Waals surface area (Å²) in [6.45, 7) is -0.842. The van der Waals surface area contributed by atoms with Gasteiger partial charge < -0.3 is 14.2 Å². The van der Waals surface area contributed by atoms with Crippen molar-refractivity contribution in [3.8, 4) is 11.5 Å². The number of ether oxygens (including phenoxy) is 3. The highest BCUT2D eigenvalue weighted by molar-refractivity contribution is 9.10. The molecule has 2 amide bonds. The number of nitro groups is 1. The zero-order chi connectivity index (χ0) is 25.7. The lowest BCUT2D eigenvalue weighted by Crippen LogP contribution is -2.33. The first-order valence-electron chi connectivity index (χ1n) is 9.74. The van der Waals surface area contributed by atoms with Crippen LogP contribution in [0.1, 0.15) is 15.9 Å². The van der Waals surface area contributed by atoms with Gasteiger partial charge >= 0.3 is 5.97 Å². The number of carbonyl (C=O) groups is 4. The molecule has 2 aromatic carbocycles. The number of methoxy groups -OCH3 is 2. The first-order valence-corrected chi connectivity index (χ1v) is 11.4. The lowest BCUT2D eigenvalue weighted by Gasteiger charge is -2.12. The van der Waals surface area contributed by atoms with Gasteiger partial charge in [-0.25, -0.2) is 4.79 Å². The summed E-state index contributed by atoms with van der Waals surface area (Å²) >= 11 is 4.03. The summed E-state index contributed by atoms with van der Waals surface area (Å²) < 4.78 is 15.7. The number of esters is 1. The molecule has 0 aliphatic carbocycles. The van der Waals surface area contributed by atoms with E-state index in [0.717, 1.165) is 4.90 Å². The smallest absolute Gasteiger partial charge is 0.343 e. The molecule has 0 unspecified atom stereocenters. The first-order chi connectivity index (χ1) is 16.6. The number of benzene rings is 2. The number of rotatable bonds is 9. The van der Waals surface area contributed by atoms with Crippen molar-refractivity contribution in [1.82, 2.24) is 4.90 Å². The van der Waals surface area contributed by atoms with Crippen molar-refractivity contribution in [1.29, 1.82) is 0 Å². The largest absolute Gasteiger partial charge is 0.493 e. The van der Waals surface area contributed by atoms with Gasteiger partial charge in [-0.05, 0) is 47.7 Å². The molecule has 1 fully saturated rings. The molecule has 3 rings (SSSR count). The number of Topliss-reactive ketones (excluding diaryl/α,β-unsaturated/α-hetero) is 1. The van der Waals surface area contributed by atoms with Crippen molar-refractivity contribution < 1.29 is 38.3 Å². The van der Waals surface area contributed by atoms with E-state index in [1.54, 1.807) is 6.07 Å². The van der Waals surface area contributed by atoms with Gasteiger partial charge in [0.05, 0.1) is 30.6 Å². The Morgan fingerprint density at radius 1 is 1.14 bits per heavy atom. The van der Waals surface area contributed by atoms with Crippen LogP contribution in [0.25, 0.3) is 6.08 Å². The van der Waals surface area contributed by atoms with E-state index in [-0.39, 0.29) is 34.3 Å². The van der Waals surface area contributed by atoms with Gasteiger partial charge in [-0.3, -0.25) is 29.4 Å². The predicted octanol–water partition coefficient (Wildman–Crippen LogP) is 3.84. The van der Waals surface area contributed by atoms with Gasteiger partial charge in [-0.15, -0.1) is 0 Å². The van der Waals surface area contributed by atoms with Gasteiger partial charge in [0, 0.05) is 22.2 Å². The molecule has 1 aliphatic heterocycles. The standard InChI is InChI=1S/C22H17BrN2O9S/c1-32-17-7-13(15(23)9-18(17)34-11-20(27)33-2)8-19-21(28)24(22(29)35-19)10-16(26)12-3-5-14(6-4-12)25(30)31/h3-9H,10-11H2,1-2H3/b19-8+. The Hall–Kier alpha value is -3.71. The number of nitrogens with zero attached hydrogens (tertiary/aromatic N) is 2. The number of amides is 2. The monoisotopic (exact) mass is 564 g/mol. The lowest BCUT2D eigenvalue weighted by molar-refractivity contribution is -0.384. The van der Waals surface area contributed by atoms with Crippen LogP contribution in [-0.2, 0) is 14.3 Å². The van der Waals surface area contributed by atoms with Crippen LogP contribution in [0.5, 0.6) is 11.5 Å². The number of thioether (sulfide) groups is 1. The fourth-order valence-corrected chi connectivity index (χ4v) is 4.18. The molecule has 0 N–H and O–H groups in total.